The molecule has 4 rings (SSSR count). The van der Waals surface area contributed by atoms with E-state index in [0.29, 0.717) is 17.9 Å². The van der Waals surface area contributed by atoms with Crippen LogP contribution in [0.3, 0.4) is 0 Å². The predicted octanol–water partition coefficient (Wildman–Crippen LogP) is 5.49. The molecule has 0 unspecified atom stereocenters. The zero-order valence-corrected chi connectivity index (χ0v) is 22.4. The van der Waals surface area contributed by atoms with E-state index in [2.05, 4.69) is 51.7 Å². The van der Waals surface area contributed by atoms with Crippen LogP contribution in [-0.2, 0) is 0 Å². The Hall–Kier alpha value is -3.98. The second-order valence-corrected chi connectivity index (χ2v) is 9.03. The summed E-state index contributed by atoms with van der Waals surface area (Å²) in [5.41, 5.74) is 5.70. The number of thiocarbonyl (C=S) groups is 1. The Balaban J connectivity index is 1.47. The van der Waals surface area contributed by atoms with Gasteiger partial charge in [-0.05, 0) is 99.6 Å². The normalized spacial score (nSPS) is 10.8. The van der Waals surface area contributed by atoms with Gasteiger partial charge in [-0.1, -0.05) is 13.0 Å². The summed E-state index contributed by atoms with van der Waals surface area (Å²) >= 11 is 5.41. The quantitative estimate of drug-likeness (QED) is 0.285. The van der Waals surface area contributed by atoms with Gasteiger partial charge in [-0.15, -0.1) is 10.2 Å². The third-order valence-electron chi connectivity index (χ3n) is 5.98. The molecule has 192 valence electrons. The Labute approximate surface area is 222 Å². The number of benzene rings is 3. The molecule has 8 nitrogen and oxygen atoms in total. The highest BCUT2D eigenvalue weighted by molar-refractivity contribution is 7.80. The lowest BCUT2D eigenvalue weighted by Crippen LogP contribution is -2.34. The highest BCUT2D eigenvalue weighted by Crippen LogP contribution is 2.23. The largest absolute Gasteiger partial charge is 0.494 e. The third-order valence-corrected chi connectivity index (χ3v) is 6.18. The van der Waals surface area contributed by atoms with Gasteiger partial charge in [0, 0.05) is 30.0 Å². The number of hydrogen-bond donors (Lipinski definition) is 2. The summed E-state index contributed by atoms with van der Waals surface area (Å²) in [6, 6.07) is 19.1. The van der Waals surface area contributed by atoms with Crippen molar-refractivity contribution in [1.82, 2.24) is 20.3 Å². The first kappa shape index (κ1) is 26.1. The molecular formula is C28H32N6O2S. The van der Waals surface area contributed by atoms with Crippen molar-refractivity contribution in [3.05, 3.63) is 71.8 Å². The first-order valence-corrected chi connectivity index (χ1v) is 12.9. The molecule has 3 aromatic carbocycles. The van der Waals surface area contributed by atoms with Crippen LogP contribution >= 0.6 is 12.2 Å². The van der Waals surface area contributed by atoms with Gasteiger partial charge in [0.1, 0.15) is 16.8 Å². The van der Waals surface area contributed by atoms with E-state index in [4.69, 9.17) is 17.0 Å². The molecule has 0 bridgehead atoms. The predicted molar refractivity (Wildman–Crippen MR) is 153 cm³/mol. The van der Waals surface area contributed by atoms with Crippen molar-refractivity contribution >= 4 is 45.6 Å². The van der Waals surface area contributed by atoms with Gasteiger partial charge in [0.2, 0.25) is 0 Å². The van der Waals surface area contributed by atoms with Crippen LogP contribution in [0.1, 0.15) is 43.1 Å². The van der Waals surface area contributed by atoms with E-state index in [-0.39, 0.29) is 11.0 Å². The number of aryl methyl sites for hydroxylation is 1. The van der Waals surface area contributed by atoms with Crippen LogP contribution in [0.4, 0.5) is 11.4 Å². The molecule has 0 atom stereocenters. The van der Waals surface area contributed by atoms with Crippen molar-refractivity contribution < 1.29 is 9.53 Å². The molecule has 0 saturated carbocycles. The minimum absolute atomic E-state index is 0.201. The van der Waals surface area contributed by atoms with E-state index in [9.17, 15) is 4.79 Å². The summed E-state index contributed by atoms with van der Waals surface area (Å²) in [6.07, 6.45) is 0.894. The fourth-order valence-electron chi connectivity index (χ4n) is 3.98. The zero-order chi connectivity index (χ0) is 26.4. The molecule has 0 aliphatic rings. The first-order valence-electron chi connectivity index (χ1n) is 12.5. The Morgan fingerprint density at radius 3 is 2.38 bits per heavy atom. The molecule has 1 amide bonds. The van der Waals surface area contributed by atoms with Crippen LogP contribution in [0, 0.1) is 6.92 Å². The second-order valence-electron chi connectivity index (χ2n) is 8.62. The lowest BCUT2D eigenvalue weighted by molar-refractivity contribution is 0.0977. The topological polar surface area (TPSA) is 84.3 Å². The van der Waals surface area contributed by atoms with Crippen molar-refractivity contribution in [3.63, 3.8) is 0 Å². The van der Waals surface area contributed by atoms with Crippen LogP contribution in [0.25, 0.3) is 16.7 Å². The molecule has 37 heavy (non-hydrogen) atoms. The maximum Gasteiger partial charge on any atom is 0.257 e. The number of ether oxygens (including phenoxy) is 1. The van der Waals surface area contributed by atoms with Gasteiger partial charge in [-0.3, -0.25) is 10.1 Å². The minimum Gasteiger partial charge on any atom is -0.494 e. The Morgan fingerprint density at radius 2 is 1.70 bits per heavy atom. The lowest BCUT2D eigenvalue weighted by atomic mass is 10.2. The van der Waals surface area contributed by atoms with Gasteiger partial charge in [-0.2, -0.15) is 4.80 Å². The van der Waals surface area contributed by atoms with Crippen LogP contribution in [0.15, 0.2) is 60.7 Å². The second kappa shape index (κ2) is 11.8. The van der Waals surface area contributed by atoms with Gasteiger partial charge in [0.05, 0.1) is 12.3 Å². The summed E-state index contributed by atoms with van der Waals surface area (Å²) in [5.74, 6) is 0.345. The number of aromatic nitrogens is 3. The van der Waals surface area contributed by atoms with Crippen LogP contribution in [0.5, 0.6) is 5.75 Å². The van der Waals surface area contributed by atoms with Gasteiger partial charge < -0.3 is 15.0 Å². The van der Waals surface area contributed by atoms with E-state index in [1.807, 2.05) is 44.2 Å². The molecule has 0 aliphatic heterocycles. The Morgan fingerprint density at radius 1 is 1.00 bits per heavy atom. The van der Waals surface area contributed by atoms with Crippen LogP contribution in [0.2, 0.25) is 0 Å². The summed E-state index contributed by atoms with van der Waals surface area (Å²) in [4.78, 5) is 16.6. The summed E-state index contributed by atoms with van der Waals surface area (Å²) in [5, 5.41) is 15.4. The molecule has 1 aromatic heterocycles. The van der Waals surface area contributed by atoms with E-state index in [0.717, 1.165) is 47.5 Å². The van der Waals surface area contributed by atoms with Crippen molar-refractivity contribution in [2.45, 2.75) is 34.1 Å². The zero-order valence-electron chi connectivity index (χ0n) is 21.6. The Bertz CT molecular complexity index is 1400. The van der Waals surface area contributed by atoms with Gasteiger partial charge in [0.25, 0.3) is 5.91 Å². The molecule has 4 aromatic rings. The number of carbonyl (C=O) groups is 1. The van der Waals surface area contributed by atoms with Crippen LogP contribution in [-0.4, -0.2) is 45.7 Å². The average molecular weight is 517 g/mol. The number of fused-ring (bicyclic) bond motifs is 1. The minimum atomic E-state index is -0.308. The maximum absolute atomic E-state index is 12.7. The lowest BCUT2D eigenvalue weighted by Gasteiger charge is -2.20. The molecule has 0 aliphatic carbocycles. The monoisotopic (exact) mass is 516 g/mol. The number of hydrogen-bond acceptors (Lipinski definition) is 6. The van der Waals surface area contributed by atoms with Crippen molar-refractivity contribution in [3.8, 4) is 11.4 Å². The van der Waals surface area contributed by atoms with E-state index in [1.54, 1.807) is 23.0 Å². The molecule has 0 saturated heterocycles. The van der Waals surface area contributed by atoms with E-state index >= 15 is 0 Å². The summed E-state index contributed by atoms with van der Waals surface area (Å²) < 4.78 is 5.62. The number of nitrogens with zero attached hydrogens (tertiary/aromatic N) is 4. The average Bonchev–Trinajstić information content (AvgIpc) is 3.31. The SMILES string of the molecule is CCCOc1cccc(C(=O)NC(=S)Nc2cc3nn(-c4ccc(N(CC)CC)cc4)nc3cc2C)c1. The van der Waals surface area contributed by atoms with Crippen molar-refractivity contribution in [2.75, 3.05) is 29.9 Å². The first-order chi connectivity index (χ1) is 17.9. The molecule has 9 heteroatoms. The number of carbonyl (C=O) groups excluding carboxylic acids is 1. The van der Waals surface area contributed by atoms with Gasteiger partial charge in [0.15, 0.2) is 5.11 Å². The number of amides is 1. The van der Waals surface area contributed by atoms with Crippen LogP contribution < -0.4 is 20.3 Å². The van der Waals surface area contributed by atoms with E-state index in [1.165, 1.54) is 5.69 Å². The molecular weight excluding hydrogens is 484 g/mol. The number of rotatable bonds is 9. The molecule has 2 N–H and O–H groups in total. The molecule has 0 spiro atoms. The van der Waals surface area contributed by atoms with E-state index < -0.39 is 0 Å². The summed E-state index contributed by atoms with van der Waals surface area (Å²) in [6.45, 7) is 10.8. The summed E-state index contributed by atoms with van der Waals surface area (Å²) in [7, 11) is 0. The standard InChI is InChI=1S/C28H32N6O2S/c1-5-15-36-23-10-8-9-20(17-23)27(35)30-28(37)29-24-18-26-25(16-19(24)4)31-34(32-26)22-13-11-21(12-14-22)33(6-2)7-3/h8-14,16-18H,5-7,15H2,1-4H3,(H2,29,30,35,37). The fraction of sp³-hybridized carbons (Fsp3) is 0.286. The third kappa shape index (κ3) is 6.24. The maximum atomic E-state index is 12.7. The number of nitrogens with one attached hydrogen (secondary N) is 2. The highest BCUT2D eigenvalue weighted by atomic mass is 32.1. The molecule has 0 radical (unpaired) electrons. The van der Waals surface area contributed by atoms with Crippen molar-refractivity contribution in [2.24, 2.45) is 0 Å². The van der Waals surface area contributed by atoms with Gasteiger partial charge >= 0.3 is 0 Å². The Kier molecular flexibility index (Phi) is 8.35. The molecule has 1 heterocycles. The highest BCUT2D eigenvalue weighted by Gasteiger charge is 2.13. The number of anilines is 2. The molecule has 0 fully saturated rings. The fourth-order valence-corrected chi connectivity index (χ4v) is 4.18. The van der Waals surface area contributed by atoms with Gasteiger partial charge in [-0.25, -0.2) is 0 Å². The smallest absolute Gasteiger partial charge is 0.257 e. The van der Waals surface area contributed by atoms with Crippen molar-refractivity contribution in [1.29, 1.82) is 0 Å².